The average molecular weight is 295 g/mol. The number of hydrogen-bond donors (Lipinski definition) is 2. The minimum absolute atomic E-state index is 0.139. The van der Waals surface area contributed by atoms with Gasteiger partial charge < -0.3 is 10.6 Å². The Morgan fingerprint density at radius 1 is 1.45 bits per heavy atom. The van der Waals surface area contributed by atoms with Gasteiger partial charge >= 0.3 is 0 Å². The van der Waals surface area contributed by atoms with Crippen LogP contribution in [0.25, 0.3) is 0 Å². The Hall–Kier alpha value is -1.08. The van der Waals surface area contributed by atoms with Crippen molar-refractivity contribution >= 4 is 17.7 Å². The van der Waals surface area contributed by atoms with Crippen LogP contribution >= 0.6 is 11.8 Å². The van der Waals surface area contributed by atoms with Crippen molar-refractivity contribution in [3.05, 3.63) is 12.2 Å². The molecule has 0 bridgehead atoms. The van der Waals surface area contributed by atoms with Crippen molar-refractivity contribution < 1.29 is 4.79 Å². The third-order valence-electron chi connectivity index (χ3n) is 3.85. The van der Waals surface area contributed by atoms with Crippen molar-refractivity contribution in [1.82, 2.24) is 25.4 Å². The highest BCUT2D eigenvalue weighted by Gasteiger charge is 2.21. The molecule has 2 atom stereocenters. The molecule has 0 aliphatic carbocycles. The molecule has 110 valence electrons. The predicted octanol–water partition coefficient (Wildman–Crippen LogP) is 0.828. The van der Waals surface area contributed by atoms with Gasteiger partial charge in [0.05, 0.1) is 6.04 Å². The molecule has 2 saturated heterocycles. The lowest BCUT2D eigenvalue weighted by Gasteiger charge is -2.22. The zero-order valence-corrected chi connectivity index (χ0v) is 12.4. The van der Waals surface area contributed by atoms with Gasteiger partial charge in [-0.3, -0.25) is 4.79 Å². The number of aromatic nitrogens is 3. The van der Waals surface area contributed by atoms with Gasteiger partial charge in [0.15, 0.2) is 0 Å². The fraction of sp³-hybridized carbons (Fsp3) is 0.769. The lowest BCUT2D eigenvalue weighted by atomic mass is 10.1. The summed E-state index contributed by atoms with van der Waals surface area (Å²) in [6.45, 7) is 1.97. The summed E-state index contributed by atoms with van der Waals surface area (Å²) in [5.74, 6) is 2.36. The number of amides is 1. The van der Waals surface area contributed by atoms with E-state index in [-0.39, 0.29) is 11.9 Å². The molecule has 2 N–H and O–H groups in total. The fourth-order valence-electron chi connectivity index (χ4n) is 2.72. The summed E-state index contributed by atoms with van der Waals surface area (Å²) in [6.07, 6.45) is 6.15. The number of nitrogens with zero attached hydrogens (tertiary/aromatic N) is 3. The first-order valence-corrected chi connectivity index (χ1v) is 8.49. The van der Waals surface area contributed by atoms with Crippen LogP contribution in [-0.4, -0.2) is 51.3 Å². The van der Waals surface area contributed by atoms with Crippen LogP contribution < -0.4 is 10.6 Å². The smallest absolute Gasteiger partial charge is 0.291 e. The summed E-state index contributed by atoms with van der Waals surface area (Å²) in [5.41, 5.74) is 0. The molecule has 20 heavy (non-hydrogen) atoms. The maximum atomic E-state index is 12.1. The summed E-state index contributed by atoms with van der Waals surface area (Å²) in [5, 5.41) is 10.7. The summed E-state index contributed by atoms with van der Waals surface area (Å²) < 4.78 is 1.83. The SMILES string of the molecule is O=C(NC1CCCSC1)c1ncn(C2CCCNC2)n1. The highest BCUT2D eigenvalue weighted by molar-refractivity contribution is 7.99. The van der Waals surface area contributed by atoms with Gasteiger partial charge in [-0.2, -0.15) is 11.8 Å². The molecule has 1 aromatic rings. The zero-order chi connectivity index (χ0) is 13.8. The van der Waals surface area contributed by atoms with Crippen molar-refractivity contribution in [1.29, 1.82) is 0 Å². The van der Waals surface area contributed by atoms with E-state index in [1.165, 1.54) is 12.2 Å². The number of nitrogens with one attached hydrogen (secondary N) is 2. The van der Waals surface area contributed by atoms with E-state index in [2.05, 4.69) is 20.7 Å². The summed E-state index contributed by atoms with van der Waals surface area (Å²) in [6, 6.07) is 0.590. The van der Waals surface area contributed by atoms with Crippen LogP contribution in [0.1, 0.15) is 42.3 Å². The lowest BCUT2D eigenvalue weighted by molar-refractivity contribution is 0.0927. The molecule has 2 aliphatic heterocycles. The molecule has 2 unspecified atom stereocenters. The van der Waals surface area contributed by atoms with Crippen LogP contribution in [0.3, 0.4) is 0 Å². The summed E-state index contributed by atoms with van der Waals surface area (Å²) in [7, 11) is 0. The first-order chi connectivity index (χ1) is 9.83. The van der Waals surface area contributed by atoms with E-state index >= 15 is 0 Å². The average Bonchev–Trinajstić information content (AvgIpc) is 2.99. The summed E-state index contributed by atoms with van der Waals surface area (Å²) >= 11 is 1.90. The quantitative estimate of drug-likeness (QED) is 0.864. The van der Waals surface area contributed by atoms with Crippen LogP contribution in [0.5, 0.6) is 0 Å². The maximum absolute atomic E-state index is 12.1. The van der Waals surface area contributed by atoms with Crippen molar-refractivity contribution in [3.8, 4) is 0 Å². The molecule has 2 aliphatic rings. The lowest BCUT2D eigenvalue weighted by Crippen LogP contribution is -2.39. The number of hydrogen-bond acceptors (Lipinski definition) is 5. The number of piperidine rings is 1. The Bertz CT molecular complexity index is 451. The normalized spacial score (nSPS) is 27.2. The van der Waals surface area contributed by atoms with Gasteiger partial charge in [0.1, 0.15) is 6.33 Å². The number of carbonyl (C=O) groups excluding carboxylic acids is 1. The molecule has 2 fully saturated rings. The van der Waals surface area contributed by atoms with Gasteiger partial charge in [0, 0.05) is 18.3 Å². The van der Waals surface area contributed by atoms with E-state index in [0.29, 0.717) is 11.9 Å². The van der Waals surface area contributed by atoms with Crippen molar-refractivity contribution in [2.45, 2.75) is 37.8 Å². The van der Waals surface area contributed by atoms with Crippen LogP contribution in [0.2, 0.25) is 0 Å². The highest BCUT2D eigenvalue weighted by Crippen LogP contribution is 2.17. The molecule has 6 nitrogen and oxygen atoms in total. The van der Waals surface area contributed by atoms with Crippen molar-refractivity contribution in [3.63, 3.8) is 0 Å². The number of thioether (sulfide) groups is 1. The molecule has 0 spiro atoms. The van der Waals surface area contributed by atoms with Crippen LogP contribution in [-0.2, 0) is 0 Å². The third-order valence-corrected chi connectivity index (χ3v) is 5.07. The second-order valence-electron chi connectivity index (χ2n) is 5.44. The van der Waals surface area contributed by atoms with E-state index in [9.17, 15) is 4.79 Å². The minimum atomic E-state index is -0.139. The molecule has 1 amide bonds. The molecule has 0 saturated carbocycles. The Kier molecular flexibility index (Phi) is 4.57. The second kappa shape index (κ2) is 6.58. The standard InChI is InChI=1S/C13H21N5OS/c19-13(16-10-3-2-6-20-8-10)12-15-9-18(17-12)11-4-1-5-14-7-11/h9-11,14H,1-8H2,(H,16,19). The van der Waals surface area contributed by atoms with Gasteiger partial charge in [-0.25, -0.2) is 9.67 Å². The Balaban J connectivity index is 1.58. The summed E-state index contributed by atoms with van der Waals surface area (Å²) in [4.78, 5) is 16.3. The van der Waals surface area contributed by atoms with E-state index in [0.717, 1.165) is 38.1 Å². The first kappa shape index (κ1) is 13.9. The van der Waals surface area contributed by atoms with E-state index in [1.54, 1.807) is 6.33 Å². The molecule has 7 heteroatoms. The molecule has 0 radical (unpaired) electrons. The van der Waals surface area contributed by atoms with Gasteiger partial charge in [-0.05, 0) is 38.0 Å². The first-order valence-electron chi connectivity index (χ1n) is 7.33. The van der Waals surface area contributed by atoms with Crippen LogP contribution in [0.15, 0.2) is 6.33 Å². The maximum Gasteiger partial charge on any atom is 0.291 e. The topological polar surface area (TPSA) is 71.8 Å². The molecule has 3 rings (SSSR count). The number of rotatable bonds is 3. The third kappa shape index (κ3) is 3.32. The molecule has 3 heterocycles. The van der Waals surface area contributed by atoms with Gasteiger partial charge in [0.2, 0.25) is 5.82 Å². The van der Waals surface area contributed by atoms with Crippen LogP contribution in [0, 0.1) is 0 Å². The van der Waals surface area contributed by atoms with E-state index in [4.69, 9.17) is 0 Å². The predicted molar refractivity (Wildman–Crippen MR) is 79.0 cm³/mol. The molecule has 0 aromatic carbocycles. The largest absolute Gasteiger partial charge is 0.346 e. The molecular weight excluding hydrogens is 274 g/mol. The van der Waals surface area contributed by atoms with Crippen molar-refractivity contribution in [2.75, 3.05) is 24.6 Å². The zero-order valence-electron chi connectivity index (χ0n) is 11.5. The Morgan fingerprint density at radius 3 is 3.15 bits per heavy atom. The van der Waals surface area contributed by atoms with Crippen LogP contribution in [0.4, 0.5) is 0 Å². The monoisotopic (exact) mass is 295 g/mol. The number of carbonyl (C=O) groups is 1. The molecular formula is C13H21N5OS. The van der Waals surface area contributed by atoms with E-state index < -0.39 is 0 Å². The van der Waals surface area contributed by atoms with E-state index in [1.807, 2.05) is 16.4 Å². The van der Waals surface area contributed by atoms with Gasteiger partial charge in [0.25, 0.3) is 5.91 Å². The molecule has 1 aromatic heterocycles. The highest BCUT2D eigenvalue weighted by atomic mass is 32.2. The van der Waals surface area contributed by atoms with Crippen molar-refractivity contribution in [2.24, 2.45) is 0 Å². The second-order valence-corrected chi connectivity index (χ2v) is 6.59. The van der Waals surface area contributed by atoms with Gasteiger partial charge in [-0.1, -0.05) is 0 Å². The minimum Gasteiger partial charge on any atom is -0.346 e. The van der Waals surface area contributed by atoms with Gasteiger partial charge in [-0.15, -0.1) is 5.10 Å². The Morgan fingerprint density at radius 2 is 2.40 bits per heavy atom. The Labute approximate surface area is 123 Å². The fourth-order valence-corrected chi connectivity index (χ4v) is 3.79.